The molecular formula is C22H39NO3S. The molecule has 0 heterocycles. The van der Waals surface area contributed by atoms with Gasteiger partial charge in [0.05, 0.1) is 18.1 Å². The highest BCUT2D eigenvalue weighted by molar-refractivity contribution is 7.90. The van der Waals surface area contributed by atoms with Crippen molar-refractivity contribution < 1.29 is 13.2 Å². The highest BCUT2D eigenvalue weighted by Gasteiger charge is 2.22. The summed E-state index contributed by atoms with van der Waals surface area (Å²) in [5, 5.41) is 3.52. The molecule has 0 atom stereocenters. The van der Waals surface area contributed by atoms with E-state index >= 15 is 0 Å². The lowest BCUT2D eigenvalue weighted by Crippen LogP contribution is -2.16. The Morgan fingerprint density at radius 1 is 0.852 bits per heavy atom. The Morgan fingerprint density at radius 3 is 2.07 bits per heavy atom. The molecule has 0 aromatic heterocycles. The zero-order valence-electron chi connectivity index (χ0n) is 18.2. The number of rotatable bonds is 13. The largest absolute Gasteiger partial charge is 0.493 e. The lowest BCUT2D eigenvalue weighted by Gasteiger charge is -2.23. The molecular weight excluding hydrogens is 358 g/mol. The van der Waals surface area contributed by atoms with Crippen molar-refractivity contribution in [2.24, 2.45) is 0 Å². The third-order valence-corrected chi connectivity index (χ3v) is 6.76. The molecule has 0 spiro atoms. The molecule has 0 aliphatic heterocycles. The lowest BCUT2D eigenvalue weighted by molar-refractivity contribution is 0.305. The monoisotopic (exact) mass is 397 g/mol. The van der Waals surface area contributed by atoms with Gasteiger partial charge < -0.3 is 10.1 Å². The van der Waals surface area contributed by atoms with E-state index in [0.29, 0.717) is 13.0 Å². The Kier molecular flexibility index (Phi) is 10.2. The predicted molar refractivity (Wildman–Crippen MR) is 117 cm³/mol. The Hall–Kier alpha value is -1.23. The molecule has 1 aromatic carbocycles. The van der Waals surface area contributed by atoms with Crippen LogP contribution in [0.4, 0.5) is 5.69 Å². The fourth-order valence-electron chi connectivity index (χ4n) is 3.19. The zero-order chi connectivity index (χ0) is 20.4. The summed E-state index contributed by atoms with van der Waals surface area (Å²) in [5.74, 6) is 1.19. The van der Waals surface area contributed by atoms with E-state index in [1.165, 1.54) is 0 Å². The van der Waals surface area contributed by atoms with Gasteiger partial charge >= 0.3 is 0 Å². The zero-order valence-corrected chi connectivity index (χ0v) is 19.0. The first-order valence-corrected chi connectivity index (χ1v) is 12.3. The molecule has 0 bridgehead atoms. The minimum Gasteiger partial charge on any atom is -0.493 e. The molecule has 0 amide bonds. The summed E-state index contributed by atoms with van der Waals surface area (Å²) in [4.78, 5) is 0. The lowest BCUT2D eigenvalue weighted by atomic mass is 9.96. The van der Waals surface area contributed by atoms with Crippen molar-refractivity contribution in [1.82, 2.24) is 0 Å². The first-order valence-electron chi connectivity index (χ1n) is 10.5. The number of benzene rings is 1. The summed E-state index contributed by atoms with van der Waals surface area (Å²) in [5.41, 5.74) is 5.05. The molecule has 1 aromatic rings. The molecule has 0 saturated heterocycles. The second-order valence-electron chi connectivity index (χ2n) is 7.49. The number of hydrogen-bond donors (Lipinski definition) is 1. The van der Waals surface area contributed by atoms with E-state index < -0.39 is 9.84 Å². The maximum Gasteiger partial charge on any atom is 0.154 e. The minimum atomic E-state index is -3.14. The summed E-state index contributed by atoms with van der Waals surface area (Å²) in [7, 11) is -3.14. The molecule has 0 unspecified atom stereocenters. The molecule has 5 heteroatoms. The first kappa shape index (κ1) is 23.8. The average Bonchev–Trinajstić information content (AvgIpc) is 2.63. The predicted octanol–water partition coefficient (Wildman–Crippen LogP) is 5.72. The molecule has 4 nitrogen and oxygen atoms in total. The molecule has 0 aliphatic carbocycles. The molecule has 156 valence electrons. The average molecular weight is 398 g/mol. The smallest absolute Gasteiger partial charge is 0.154 e. The summed E-state index contributed by atoms with van der Waals surface area (Å²) >= 11 is 0. The van der Waals surface area contributed by atoms with Crippen molar-refractivity contribution in [2.75, 3.05) is 24.2 Å². The van der Waals surface area contributed by atoms with Crippen LogP contribution in [-0.4, -0.2) is 27.3 Å². The molecule has 0 radical (unpaired) electrons. The van der Waals surface area contributed by atoms with Gasteiger partial charge in [-0.15, -0.1) is 0 Å². The SMILES string of the molecule is CCCCNc1c(C)c(C)c(OCCCC)c(C)c1CS(=O)(=O)CCCC. The Balaban J connectivity index is 3.34. The molecule has 27 heavy (non-hydrogen) atoms. The molecule has 0 fully saturated rings. The summed E-state index contributed by atoms with van der Waals surface area (Å²) in [6.45, 7) is 14.0. The number of sulfone groups is 1. The van der Waals surface area contributed by atoms with Crippen LogP contribution in [0.2, 0.25) is 0 Å². The summed E-state index contributed by atoms with van der Waals surface area (Å²) in [6.07, 6.45) is 5.84. The summed E-state index contributed by atoms with van der Waals surface area (Å²) < 4.78 is 31.5. The second-order valence-corrected chi connectivity index (χ2v) is 9.67. The van der Waals surface area contributed by atoms with Crippen LogP contribution in [0, 0.1) is 20.8 Å². The quantitative estimate of drug-likeness (QED) is 0.433. The number of ether oxygens (including phenoxy) is 1. The van der Waals surface area contributed by atoms with Crippen LogP contribution in [-0.2, 0) is 15.6 Å². The number of nitrogens with one attached hydrogen (secondary N) is 1. The van der Waals surface area contributed by atoms with Gasteiger partial charge in [-0.25, -0.2) is 8.42 Å². The van der Waals surface area contributed by atoms with Gasteiger partial charge in [0.25, 0.3) is 0 Å². The molecule has 0 saturated carbocycles. The van der Waals surface area contributed by atoms with Crippen molar-refractivity contribution in [2.45, 2.75) is 85.8 Å². The van der Waals surface area contributed by atoms with E-state index in [9.17, 15) is 8.42 Å². The van der Waals surface area contributed by atoms with Crippen molar-refractivity contribution in [3.8, 4) is 5.75 Å². The second kappa shape index (κ2) is 11.6. The highest BCUT2D eigenvalue weighted by Crippen LogP contribution is 2.37. The van der Waals surface area contributed by atoms with Gasteiger partial charge in [0.1, 0.15) is 5.75 Å². The maximum absolute atomic E-state index is 12.7. The van der Waals surface area contributed by atoms with E-state index in [2.05, 4.69) is 33.0 Å². The van der Waals surface area contributed by atoms with Crippen LogP contribution >= 0.6 is 0 Å². The fourth-order valence-corrected chi connectivity index (χ4v) is 4.86. The standard InChI is InChI=1S/C22H39NO3S/c1-7-10-13-23-21-17(4)18(5)22(26-14-11-8-2)19(6)20(21)16-27(24,25)15-12-9-3/h23H,7-16H2,1-6H3. The van der Waals surface area contributed by atoms with E-state index in [4.69, 9.17) is 4.74 Å². The molecule has 0 aliphatic rings. The number of hydrogen-bond acceptors (Lipinski definition) is 4. The summed E-state index contributed by atoms with van der Waals surface area (Å²) in [6, 6.07) is 0. The van der Waals surface area contributed by atoms with Gasteiger partial charge in [0, 0.05) is 12.2 Å². The topological polar surface area (TPSA) is 55.4 Å². The third-order valence-electron chi connectivity index (χ3n) is 5.12. The maximum atomic E-state index is 12.7. The van der Waals surface area contributed by atoms with Crippen molar-refractivity contribution >= 4 is 15.5 Å². The van der Waals surface area contributed by atoms with Crippen LogP contribution < -0.4 is 10.1 Å². The van der Waals surface area contributed by atoms with Gasteiger partial charge in [-0.1, -0.05) is 40.0 Å². The Morgan fingerprint density at radius 2 is 1.48 bits per heavy atom. The van der Waals surface area contributed by atoms with Crippen molar-refractivity contribution in [3.05, 3.63) is 22.3 Å². The Bertz CT molecular complexity index is 696. The van der Waals surface area contributed by atoms with Crippen LogP contribution in [0.5, 0.6) is 5.75 Å². The van der Waals surface area contributed by atoms with Gasteiger partial charge in [0.2, 0.25) is 0 Å². The van der Waals surface area contributed by atoms with E-state index in [1.807, 2.05) is 13.8 Å². The third kappa shape index (κ3) is 7.02. The van der Waals surface area contributed by atoms with Gasteiger partial charge in [-0.2, -0.15) is 0 Å². The van der Waals surface area contributed by atoms with Crippen LogP contribution in [0.15, 0.2) is 0 Å². The number of unbranched alkanes of at least 4 members (excludes halogenated alkanes) is 3. The van der Waals surface area contributed by atoms with Crippen LogP contribution in [0.1, 0.15) is 81.5 Å². The van der Waals surface area contributed by atoms with Gasteiger partial charge in [-0.3, -0.25) is 0 Å². The van der Waals surface area contributed by atoms with Crippen LogP contribution in [0.3, 0.4) is 0 Å². The molecule has 1 rings (SSSR count). The first-order chi connectivity index (χ1) is 12.8. The fraction of sp³-hybridized carbons (Fsp3) is 0.727. The van der Waals surface area contributed by atoms with E-state index in [-0.39, 0.29) is 11.5 Å². The number of anilines is 1. The normalized spacial score (nSPS) is 11.6. The van der Waals surface area contributed by atoms with Crippen LogP contribution in [0.25, 0.3) is 0 Å². The van der Waals surface area contributed by atoms with E-state index in [0.717, 1.165) is 72.3 Å². The van der Waals surface area contributed by atoms with Gasteiger partial charge in [0.15, 0.2) is 9.84 Å². The van der Waals surface area contributed by atoms with E-state index in [1.54, 1.807) is 0 Å². The van der Waals surface area contributed by atoms with Gasteiger partial charge in [-0.05, 0) is 62.3 Å². The minimum absolute atomic E-state index is 0.0819. The molecule has 1 N–H and O–H groups in total. The highest BCUT2D eigenvalue weighted by atomic mass is 32.2. The van der Waals surface area contributed by atoms with Crippen molar-refractivity contribution in [3.63, 3.8) is 0 Å². The Labute approximate surface area is 167 Å². The van der Waals surface area contributed by atoms with Crippen molar-refractivity contribution in [1.29, 1.82) is 0 Å².